The molecule has 4 heteroatoms. The van der Waals surface area contributed by atoms with Gasteiger partial charge in [-0.05, 0) is 42.7 Å². The van der Waals surface area contributed by atoms with Crippen molar-refractivity contribution in [3.05, 3.63) is 54.1 Å². The van der Waals surface area contributed by atoms with Crippen LogP contribution in [0.4, 0.5) is 11.4 Å². The maximum atomic E-state index is 9.90. The summed E-state index contributed by atoms with van der Waals surface area (Å²) in [7, 11) is 3.61. The second-order valence-electron chi connectivity index (χ2n) is 6.18. The summed E-state index contributed by atoms with van der Waals surface area (Å²) in [6, 6.07) is 18.9. The van der Waals surface area contributed by atoms with Crippen LogP contribution in [0.25, 0.3) is 0 Å². The molecule has 1 heterocycles. The van der Waals surface area contributed by atoms with E-state index in [1.807, 2.05) is 37.4 Å². The predicted molar refractivity (Wildman–Crippen MR) is 97.7 cm³/mol. The maximum absolute atomic E-state index is 9.90. The molecule has 3 rings (SSSR count). The SMILES string of the molecule is CNc1cccc(C2(C#N)CCN(c3ccccc3OC)CC2)c1. The highest BCUT2D eigenvalue weighted by Crippen LogP contribution is 2.39. The van der Waals surface area contributed by atoms with E-state index in [1.165, 1.54) is 0 Å². The molecule has 0 spiro atoms. The van der Waals surface area contributed by atoms with Gasteiger partial charge in [-0.25, -0.2) is 0 Å². The Morgan fingerprint density at radius 2 is 1.88 bits per heavy atom. The molecule has 0 bridgehead atoms. The minimum atomic E-state index is -0.411. The number of nitriles is 1. The summed E-state index contributed by atoms with van der Waals surface area (Å²) in [5.41, 5.74) is 2.85. The van der Waals surface area contributed by atoms with E-state index in [2.05, 4.69) is 34.5 Å². The molecule has 0 unspecified atom stereocenters. The van der Waals surface area contributed by atoms with Crippen LogP contribution in [0, 0.1) is 11.3 Å². The fraction of sp³-hybridized carbons (Fsp3) is 0.350. The molecule has 2 aromatic rings. The number of methoxy groups -OCH3 is 1. The van der Waals surface area contributed by atoms with Crippen LogP contribution >= 0.6 is 0 Å². The number of piperidine rings is 1. The lowest BCUT2D eigenvalue weighted by Crippen LogP contribution is -2.42. The molecular weight excluding hydrogens is 298 g/mol. The number of nitrogens with zero attached hydrogens (tertiary/aromatic N) is 2. The normalized spacial score (nSPS) is 16.3. The third-order valence-corrected chi connectivity index (χ3v) is 4.96. The largest absolute Gasteiger partial charge is 0.495 e. The highest BCUT2D eigenvalue weighted by molar-refractivity contribution is 5.59. The molecule has 1 aliphatic rings. The standard InChI is InChI=1S/C20H23N3O/c1-22-17-7-5-6-16(14-17)20(15-21)10-12-23(13-11-20)18-8-3-4-9-19(18)24-2/h3-9,14,22H,10-13H2,1-2H3. The van der Waals surface area contributed by atoms with Crippen LogP contribution in [0.2, 0.25) is 0 Å². The van der Waals surface area contributed by atoms with Gasteiger partial charge in [-0.15, -0.1) is 0 Å². The van der Waals surface area contributed by atoms with Crippen LogP contribution in [0.5, 0.6) is 5.75 Å². The molecule has 1 saturated heterocycles. The van der Waals surface area contributed by atoms with Crippen LogP contribution in [0.3, 0.4) is 0 Å². The van der Waals surface area contributed by atoms with Crippen molar-refractivity contribution in [1.82, 2.24) is 0 Å². The highest BCUT2D eigenvalue weighted by atomic mass is 16.5. The first-order chi connectivity index (χ1) is 11.7. The molecule has 24 heavy (non-hydrogen) atoms. The average Bonchev–Trinajstić information content (AvgIpc) is 2.68. The molecule has 4 nitrogen and oxygen atoms in total. The van der Waals surface area contributed by atoms with E-state index in [9.17, 15) is 5.26 Å². The summed E-state index contributed by atoms with van der Waals surface area (Å²) in [6.07, 6.45) is 1.63. The molecule has 0 atom stereocenters. The number of hydrogen-bond donors (Lipinski definition) is 1. The topological polar surface area (TPSA) is 48.3 Å². The Kier molecular flexibility index (Phi) is 4.61. The molecule has 0 radical (unpaired) electrons. The van der Waals surface area contributed by atoms with Crippen molar-refractivity contribution in [1.29, 1.82) is 5.26 Å². The molecule has 0 saturated carbocycles. The zero-order valence-electron chi connectivity index (χ0n) is 14.2. The van der Waals surface area contributed by atoms with Gasteiger partial charge in [0, 0.05) is 25.8 Å². The maximum Gasteiger partial charge on any atom is 0.142 e. The Balaban J connectivity index is 1.83. The third kappa shape index (κ3) is 2.90. The molecule has 1 fully saturated rings. The van der Waals surface area contributed by atoms with Crippen LogP contribution in [0.15, 0.2) is 48.5 Å². The zero-order valence-corrected chi connectivity index (χ0v) is 14.2. The van der Waals surface area contributed by atoms with E-state index < -0.39 is 5.41 Å². The summed E-state index contributed by atoms with van der Waals surface area (Å²) in [5, 5.41) is 13.1. The monoisotopic (exact) mass is 321 g/mol. The van der Waals surface area contributed by atoms with Crippen molar-refractivity contribution in [2.75, 3.05) is 37.5 Å². The fourth-order valence-corrected chi connectivity index (χ4v) is 3.46. The van der Waals surface area contributed by atoms with Crippen LogP contribution in [-0.4, -0.2) is 27.2 Å². The Morgan fingerprint density at radius 3 is 2.54 bits per heavy atom. The van der Waals surface area contributed by atoms with Gasteiger partial charge < -0.3 is 15.0 Å². The van der Waals surface area contributed by atoms with Crippen molar-refractivity contribution < 1.29 is 4.74 Å². The lowest BCUT2D eigenvalue weighted by molar-refractivity contribution is 0.396. The molecule has 0 amide bonds. The van der Waals surface area contributed by atoms with Crippen LogP contribution in [-0.2, 0) is 5.41 Å². The second-order valence-corrected chi connectivity index (χ2v) is 6.18. The molecule has 0 aliphatic carbocycles. The smallest absolute Gasteiger partial charge is 0.142 e. The first-order valence-corrected chi connectivity index (χ1v) is 8.30. The predicted octanol–water partition coefficient (Wildman–Crippen LogP) is 3.80. The van der Waals surface area contributed by atoms with Crippen molar-refractivity contribution in [3.63, 3.8) is 0 Å². The van der Waals surface area contributed by atoms with Crippen molar-refractivity contribution in [2.45, 2.75) is 18.3 Å². The van der Waals surface area contributed by atoms with Crippen molar-refractivity contribution in [2.24, 2.45) is 0 Å². The summed E-state index contributed by atoms with van der Waals surface area (Å²) < 4.78 is 5.48. The zero-order chi connectivity index (χ0) is 17.0. The van der Waals surface area contributed by atoms with Gasteiger partial charge in [0.2, 0.25) is 0 Å². The van der Waals surface area contributed by atoms with Gasteiger partial charge in [0.15, 0.2) is 0 Å². The molecular formula is C20H23N3O. The van der Waals surface area contributed by atoms with E-state index in [-0.39, 0.29) is 0 Å². The van der Waals surface area contributed by atoms with Gasteiger partial charge in [-0.3, -0.25) is 0 Å². The number of anilines is 2. The molecule has 0 aromatic heterocycles. The van der Waals surface area contributed by atoms with Crippen LogP contribution < -0.4 is 15.0 Å². The van der Waals surface area contributed by atoms with E-state index in [0.717, 1.165) is 48.6 Å². The van der Waals surface area contributed by atoms with Gasteiger partial charge in [-0.1, -0.05) is 24.3 Å². The van der Waals surface area contributed by atoms with Crippen molar-refractivity contribution >= 4 is 11.4 Å². The highest BCUT2D eigenvalue weighted by Gasteiger charge is 2.37. The van der Waals surface area contributed by atoms with Gasteiger partial charge in [-0.2, -0.15) is 5.26 Å². The fourth-order valence-electron chi connectivity index (χ4n) is 3.46. The van der Waals surface area contributed by atoms with Crippen molar-refractivity contribution in [3.8, 4) is 11.8 Å². The van der Waals surface area contributed by atoms with E-state index in [1.54, 1.807) is 7.11 Å². The van der Waals surface area contributed by atoms with Crippen LogP contribution in [0.1, 0.15) is 18.4 Å². The second kappa shape index (κ2) is 6.84. The Hall–Kier alpha value is -2.67. The third-order valence-electron chi connectivity index (χ3n) is 4.96. The Morgan fingerprint density at radius 1 is 1.12 bits per heavy atom. The lowest BCUT2D eigenvalue weighted by Gasteiger charge is -2.39. The Bertz CT molecular complexity index is 743. The number of nitrogens with one attached hydrogen (secondary N) is 1. The average molecular weight is 321 g/mol. The minimum absolute atomic E-state index is 0.411. The summed E-state index contributed by atoms with van der Waals surface area (Å²) in [6.45, 7) is 1.69. The number of hydrogen-bond acceptors (Lipinski definition) is 4. The quantitative estimate of drug-likeness (QED) is 0.930. The van der Waals surface area contributed by atoms with Gasteiger partial charge in [0.1, 0.15) is 5.75 Å². The lowest BCUT2D eigenvalue weighted by atomic mass is 9.74. The summed E-state index contributed by atoms with van der Waals surface area (Å²) in [4.78, 5) is 2.32. The van der Waals surface area contributed by atoms with Gasteiger partial charge >= 0.3 is 0 Å². The minimum Gasteiger partial charge on any atom is -0.495 e. The summed E-state index contributed by atoms with van der Waals surface area (Å²) >= 11 is 0. The van der Waals surface area contributed by atoms with E-state index in [4.69, 9.17) is 4.74 Å². The summed E-state index contributed by atoms with van der Waals surface area (Å²) in [5.74, 6) is 0.888. The van der Waals surface area contributed by atoms with E-state index >= 15 is 0 Å². The number of benzene rings is 2. The number of rotatable bonds is 4. The molecule has 1 N–H and O–H groups in total. The van der Waals surface area contributed by atoms with Gasteiger partial charge in [0.25, 0.3) is 0 Å². The van der Waals surface area contributed by atoms with Gasteiger partial charge in [0.05, 0.1) is 24.3 Å². The molecule has 1 aliphatic heterocycles. The first kappa shape index (κ1) is 16.2. The first-order valence-electron chi connectivity index (χ1n) is 8.30. The number of ether oxygens (including phenoxy) is 1. The number of para-hydroxylation sites is 2. The van der Waals surface area contributed by atoms with E-state index in [0.29, 0.717) is 0 Å². The molecule has 2 aromatic carbocycles. The Labute approximate surface area is 143 Å². The molecule has 124 valence electrons.